The summed E-state index contributed by atoms with van der Waals surface area (Å²) >= 11 is 0. The Morgan fingerprint density at radius 1 is 1.02 bits per heavy atom. The maximum atomic E-state index is 13.4. The number of ether oxygens (including phenoxy) is 3. The summed E-state index contributed by atoms with van der Waals surface area (Å²) in [6.45, 7) is 2.64. The molecule has 11 heteroatoms. The molecule has 2 aromatic carbocycles. The third kappa shape index (κ3) is 7.85. The van der Waals surface area contributed by atoms with Crippen molar-refractivity contribution in [3.8, 4) is 28.4 Å². The molecule has 1 aliphatic rings. The molecular formula is C32H41N5O6. The highest BCUT2D eigenvalue weighted by molar-refractivity contribution is 5.83. The summed E-state index contributed by atoms with van der Waals surface area (Å²) in [6, 6.07) is 6.86. The molecule has 4 rings (SSSR count). The third-order valence-corrected chi connectivity index (χ3v) is 7.58. The predicted molar refractivity (Wildman–Crippen MR) is 165 cm³/mol. The summed E-state index contributed by atoms with van der Waals surface area (Å²) in [5.74, 6) is 1.39. The standard InChI is InChI=1S/C32H41N5O6/c1-20(38)37-25-11-9-21-16-28(41-2)31(42-3)32(43-4)30(21)23-10-12-26(27(39)17-24(23)25)34-14-7-5-6-8-29(40)35-15-13-22-18-33-19-36-22/h10,12,16-19,25H,5-9,11,13-15H2,1-4H3,(H,33,36)(H,34,39)(H,35,40)(H,37,38). The van der Waals surface area contributed by atoms with Gasteiger partial charge in [-0.3, -0.25) is 14.4 Å². The number of fused-ring (bicyclic) bond motifs is 3. The lowest BCUT2D eigenvalue weighted by atomic mass is 9.95. The number of methoxy groups -OCH3 is 3. The van der Waals surface area contributed by atoms with Crippen molar-refractivity contribution < 1.29 is 23.8 Å². The number of amides is 2. The number of imidazole rings is 1. The molecule has 1 atom stereocenters. The Hall–Kier alpha value is -4.54. The second kappa shape index (κ2) is 15.1. The smallest absolute Gasteiger partial charge is 0.220 e. The Kier molecular flexibility index (Phi) is 11.0. The summed E-state index contributed by atoms with van der Waals surface area (Å²) in [4.78, 5) is 44.7. The van der Waals surface area contributed by atoms with Crippen LogP contribution < -0.4 is 35.6 Å². The van der Waals surface area contributed by atoms with Crippen molar-refractivity contribution in [3.05, 3.63) is 63.8 Å². The number of nitrogens with zero attached hydrogens (tertiary/aromatic N) is 1. The van der Waals surface area contributed by atoms with E-state index in [-0.39, 0.29) is 23.3 Å². The van der Waals surface area contributed by atoms with E-state index in [9.17, 15) is 14.4 Å². The number of nitrogens with one attached hydrogen (secondary N) is 4. The number of hydrogen-bond donors (Lipinski definition) is 4. The number of H-pyrrole nitrogens is 1. The van der Waals surface area contributed by atoms with Gasteiger partial charge in [-0.2, -0.15) is 0 Å². The van der Waals surface area contributed by atoms with E-state index in [0.29, 0.717) is 55.3 Å². The highest BCUT2D eigenvalue weighted by Gasteiger charge is 2.29. The van der Waals surface area contributed by atoms with Crippen LogP contribution in [-0.4, -0.2) is 56.2 Å². The zero-order chi connectivity index (χ0) is 30.8. The molecule has 0 aliphatic heterocycles. The van der Waals surface area contributed by atoms with E-state index in [1.807, 2.05) is 12.1 Å². The van der Waals surface area contributed by atoms with Crippen LogP contribution in [0.1, 0.15) is 61.9 Å². The van der Waals surface area contributed by atoms with Gasteiger partial charge in [0.25, 0.3) is 0 Å². The number of hydrogen-bond acceptors (Lipinski definition) is 8. The highest BCUT2D eigenvalue weighted by Crippen LogP contribution is 2.50. The molecule has 0 spiro atoms. The van der Waals surface area contributed by atoms with Gasteiger partial charge in [0.1, 0.15) is 0 Å². The summed E-state index contributed by atoms with van der Waals surface area (Å²) in [5.41, 5.74) is 4.57. The Morgan fingerprint density at radius 3 is 2.53 bits per heavy atom. The molecule has 1 heterocycles. The number of unbranched alkanes of at least 4 members (excludes halogenated alkanes) is 2. The molecule has 11 nitrogen and oxygen atoms in total. The van der Waals surface area contributed by atoms with Gasteiger partial charge < -0.3 is 35.1 Å². The fourth-order valence-electron chi connectivity index (χ4n) is 5.51. The van der Waals surface area contributed by atoms with Gasteiger partial charge in [0, 0.05) is 50.3 Å². The molecule has 43 heavy (non-hydrogen) atoms. The predicted octanol–water partition coefficient (Wildman–Crippen LogP) is 3.92. The number of carbonyl (C=O) groups excluding carboxylic acids is 2. The van der Waals surface area contributed by atoms with E-state index >= 15 is 0 Å². The molecule has 1 unspecified atom stereocenters. The van der Waals surface area contributed by atoms with Crippen molar-refractivity contribution in [1.29, 1.82) is 0 Å². The Bertz CT molecular complexity index is 1470. The third-order valence-electron chi connectivity index (χ3n) is 7.58. The van der Waals surface area contributed by atoms with Gasteiger partial charge in [-0.25, -0.2) is 4.98 Å². The van der Waals surface area contributed by atoms with E-state index < -0.39 is 0 Å². The van der Waals surface area contributed by atoms with Crippen LogP contribution >= 0.6 is 0 Å². The number of aryl methyl sites for hydroxylation is 1. The van der Waals surface area contributed by atoms with Crippen LogP contribution in [0.15, 0.2) is 41.6 Å². The summed E-state index contributed by atoms with van der Waals surface area (Å²) < 4.78 is 17.1. The number of aromatic nitrogens is 2. The van der Waals surface area contributed by atoms with Crippen LogP contribution in [-0.2, 0) is 22.4 Å². The van der Waals surface area contributed by atoms with E-state index in [4.69, 9.17) is 14.2 Å². The van der Waals surface area contributed by atoms with Gasteiger partial charge in [0.15, 0.2) is 11.5 Å². The van der Waals surface area contributed by atoms with E-state index in [1.54, 1.807) is 46.0 Å². The molecule has 4 N–H and O–H groups in total. The molecule has 1 aliphatic carbocycles. The van der Waals surface area contributed by atoms with Crippen LogP contribution in [0, 0.1) is 0 Å². The van der Waals surface area contributed by atoms with Gasteiger partial charge in [0.05, 0.1) is 39.4 Å². The first kappa shape index (κ1) is 31.4. The van der Waals surface area contributed by atoms with Gasteiger partial charge in [-0.15, -0.1) is 0 Å². The van der Waals surface area contributed by atoms with Crippen molar-refractivity contribution in [3.63, 3.8) is 0 Å². The van der Waals surface area contributed by atoms with Crippen molar-refractivity contribution in [2.75, 3.05) is 39.7 Å². The molecule has 0 radical (unpaired) electrons. The molecule has 2 amide bonds. The summed E-state index contributed by atoms with van der Waals surface area (Å²) in [5, 5.41) is 9.23. The zero-order valence-corrected chi connectivity index (χ0v) is 25.3. The largest absolute Gasteiger partial charge is 0.493 e. The topological polar surface area (TPSA) is 144 Å². The van der Waals surface area contributed by atoms with Gasteiger partial charge in [0.2, 0.25) is 23.0 Å². The van der Waals surface area contributed by atoms with Crippen LogP contribution in [0.4, 0.5) is 5.69 Å². The maximum Gasteiger partial charge on any atom is 0.220 e. The average molecular weight is 592 g/mol. The zero-order valence-electron chi connectivity index (χ0n) is 25.3. The van der Waals surface area contributed by atoms with E-state index in [0.717, 1.165) is 53.6 Å². The minimum atomic E-state index is -0.361. The second-order valence-electron chi connectivity index (χ2n) is 10.5. The van der Waals surface area contributed by atoms with E-state index in [2.05, 4.69) is 25.9 Å². The van der Waals surface area contributed by atoms with Crippen molar-refractivity contribution in [2.24, 2.45) is 0 Å². The molecule has 0 saturated carbocycles. The van der Waals surface area contributed by atoms with Gasteiger partial charge >= 0.3 is 0 Å². The van der Waals surface area contributed by atoms with Gasteiger partial charge in [-0.05, 0) is 60.6 Å². The second-order valence-corrected chi connectivity index (χ2v) is 10.5. The Labute approximate surface area is 251 Å². The SMILES string of the molecule is COc1cc2c(c(OC)c1OC)-c1ccc(NCCCCCC(=O)NCCc3cnc[nH]3)c(=O)cc1C(NC(C)=O)CC2. The van der Waals surface area contributed by atoms with Crippen LogP contribution in [0.2, 0.25) is 0 Å². The number of aromatic amines is 1. The Morgan fingerprint density at radius 2 is 1.84 bits per heavy atom. The molecule has 0 fully saturated rings. The molecule has 1 aromatic heterocycles. The number of rotatable bonds is 14. The first-order valence-corrected chi connectivity index (χ1v) is 14.6. The summed E-state index contributed by atoms with van der Waals surface area (Å²) in [6.07, 6.45) is 8.21. The lowest BCUT2D eigenvalue weighted by Crippen LogP contribution is -2.26. The van der Waals surface area contributed by atoms with Crippen LogP contribution in [0.5, 0.6) is 17.2 Å². The highest BCUT2D eigenvalue weighted by atomic mass is 16.5. The van der Waals surface area contributed by atoms with Crippen LogP contribution in [0.3, 0.4) is 0 Å². The minimum absolute atomic E-state index is 0.0320. The number of anilines is 1. The first-order chi connectivity index (χ1) is 20.9. The van der Waals surface area contributed by atoms with Crippen molar-refractivity contribution >= 4 is 17.5 Å². The summed E-state index contributed by atoms with van der Waals surface area (Å²) in [7, 11) is 4.71. The number of benzene rings is 1. The minimum Gasteiger partial charge on any atom is -0.493 e. The lowest BCUT2D eigenvalue weighted by Gasteiger charge is -2.19. The monoisotopic (exact) mass is 591 g/mol. The van der Waals surface area contributed by atoms with E-state index in [1.165, 1.54) is 6.92 Å². The maximum absolute atomic E-state index is 13.4. The first-order valence-electron chi connectivity index (χ1n) is 14.6. The molecule has 0 bridgehead atoms. The Balaban J connectivity index is 1.47. The lowest BCUT2D eigenvalue weighted by molar-refractivity contribution is -0.121. The van der Waals surface area contributed by atoms with Crippen LogP contribution in [0.25, 0.3) is 11.1 Å². The fourth-order valence-corrected chi connectivity index (χ4v) is 5.51. The average Bonchev–Trinajstić information content (AvgIpc) is 3.40. The molecule has 0 saturated heterocycles. The fraction of sp³-hybridized carbons (Fsp3) is 0.438. The quantitative estimate of drug-likeness (QED) is 0.207. The normalized spacial score (nSPS) is 13.6. The van der Waals surface area contributed by atoms with Crippen molar-refractivity contribution in [2.45, 2.75) is 57.9 Å². The molecule has 230 valence electrons. The number of carbonyl (C=O) groups is 2. The molecular weight excluding hydrogens is 550 g/mol. The van der Waals surface area contributed by atoms with Gasteiger partial charge in [-0.1, -0.05) is 12.5 Å². The molecule has 3 aromatic rings. The van der Waals surface area contributed by atoms with Crippen molar-refractivity contribution in [1.82, 2.24) is 20.6 Å².